The van der Waals surface area contributed by atoms with E-state index in [0.29, 0.717) is 5.88 Å². The molecule has 0 atom stereocenters. The molecular weight excluding hydrogens is 276 g/mol. The van der Waals surface area contributed by atoms with Crippen LogP contribution in [-0.4, -0.2) is 29.9 Å². The third kappa shape index (κ3) is 2.17. The van der Waals surface area contributed by atoms with E-state index in [2.05, 4.69) is 22.5 Å². The van der Waals surface area contributed by atoms with Gasteiger partial charge in [0.15, 0.2) is 0 Å². The molecule has 0 N–H and O–H groups in total. The summed E-state index contributed by atoms with van der Waals surface area (Å²) < 4.78 is 13.1. The van der Waals surface area contributed by atoms with Crippen LogP contribution in [0.2, 0.25) is 0 Å². The van der Waals surface area contributed by atoms with E-state index in [0.717, 1.165) is 48.7 Å². The molecule has 4 nitrogen and oxygen atoms in total. The number of alkyl halides is 1. The van der Waals surface area contributed by atoms with Gasteiger partial charge < -0.3 is 14.0 Å². The van der Waals surface area contributed by atoms with Crippen molar-refractivity contribution in [2.24, 2.45) is 0 Å². The van der Waals surface area contributed by atoms with Crippen LogP contribution in [0.1, 0.15) is 25.6 Å². The zero-order valence-corrected chi connectivity index (χ0v) is 12.6. The van der Waals surface area contributed by atoms with Crippen LogP contribution in [0.3, 0.4) is 0 Å². The van der Waals surface area contributed by atoms with Gasteiger partial charge in [-0.3, -0.25) is 0 Å². The second-order valence-corrected chi connectivity index (χ2v) is 5.73. The molecule has 3 rings (SSSR count). The number of ether oxygens (including phenoxy) is 2. The summed E-state index contributed by atoms with van der Waals surface area (Å²) in [6.07, 6.45) is 1.96. The largest absolute Gasteiger partial charge is 0.497 e. The van der Waals surface area contributed by atoms with Crippen LogP contribution in [-0.2, 0) is 16.2 Å². The Morgan fingerprint density at radius 2 is 2.15 bits per heavy atom. The van der Waals surface area contributed by atoms with Gasteiger partial charge in [0.1, 0.15) is 11.6 Å². The van der Waals surface area contributed by atoms with Gasteiger partial charge in [-0.15, -0.1) is 11.6 Å². The molecule has 108 valence electrons. The van der Waals surface area contributed by atoms with Crippen LogP contribution < -0.4 is 4.74 Å². The first-order valence-electron chi connectivity index (χ1n) is 6.87. The summed E-state index contributed by atoms with van der Waals surface area (Å²) in [7, 11) is 1.67. The van der Waals surface area contributed by atoms with Gasteiger partial charge in [-0.25, -0.2) is 4.98 Å². The Labute approximate surface area is 123 Å². The van der Waals surface area contributed by atoms with Crippen molar-refractivity contribution >= 4 is 22.6 Å². The first-order chi connectivity index (χ1) is 9.68. The van der Waals surface area contributed by atoms with Crippen LogP contribution in [0.15, 0.2) is 18.2 Å². The number of nitrogens with zero attached hydrogens (tertiary/aromatic N) is 2. The molecule has 0 spiro atoms. The van der Waals surface area contributed by atoms with Gasteiger partial charge in [-0.05, 0) is 31.9 Å². The molecule has 5 heteroatoms. The van der Waals surface area contributed by atoms with Gasteiger partial charge in [0.2, 0.25) is 0 Å². The third-order valence-corrected chi connectivity index (χ3v) is 4.40. The summed E-state index contributed by atoms with van der Waals surface area (Å²) in [5, 5.41) is 0. The minimum absolute atomic E-state index is 0.0197. The van der Waals surface area contributed by atoms with Crippen molar-refractivity contribution in [1.29, 1.82) is 0 Å². The molecule has 1 saturated heterocycles. The van der Waals surface area contributed by atoms with Crippen LogP contribution in [0.25, 0.3) is 11.0 Å². The zero-order valence-electron chi connectivity index (χ0n) is 11.9. The van der Waals surface area contributed by atoms with Crippen molar-refractivity contribution in [3.63, 3.8) is 0 Å². The lowest BCUT2D eigenvalue weighted by molar-refractivity contribution is 0.0303. The maximum Gasteiger partial charge on any atom is 0.125 e. The van der Waals surface area contributed by atoms with Crippen molar-refractivity contribution in [2.75, 3.05) is 20.3 Å². The molecule has 0 bridgehead atoms. The Morgan fingerprint density at radius 1 is 1.40 bits per heavy atom. The van der Waals surface area contributed by atoms with Crippen molar-refractivity contribution < 1.29 is 9.47 Å². The molecule has 1 aromatic carbocycles. The zero-order chi connectivity index (χ0) is 14.2. The molecule has 1 aliphatic rings. The lowest BCUT2D eigenvalue weighted by atomic mass is 9.91. The molecule has 20 heavy (non-hydrogen) atoms. The Balaban J connectivity index is 2.17. The maximum atomic E-state index is 6.11. The van der Waals surface area contributed by atoms with Crippen LogP contribution in [0.4, 0.5) is 0 Å². The van der Waals surface area contributed by atoms with E-state index in [4.69, 9.17) is 21.1 Å². The lowest BCUT2D eigenvalue weighted by Gasteiger charge is -2.36. The van der Waals surface area contributed by atoms with Crippen LogP contribution in [0, 0.1) is 0 Å². The Bertz CT molecular complexity index is 618. The molecule has 1 fully saturated rings. The Hall–Kier alpha value is -1.26. The first kappa shape index (κ1) is 13.7. The summed E-state index contributed by atoms with van der Waals surface area (Å²) in [5.41, 5.74) is 2.07. The molecule has 0 amide bonds. The fraction of sp³-hybridized carbons (Fsp3) is 0.533. The third-order valence-electron chi connectivity index (χ3n) is 4.16. The highest BCUT2D eigenvalue weighted by atomic mass is 35.5. The van der Waals surface area contributed by atoms with Crippen molar-refractivity contribution in [3.05, 3.63) is 24.0 Å². The quantitative estimate of drug-likeness (QED) is 0.815. The number of imidazole rings is 1. The highest BCUT2D eigenvalue weighted by molar-refractivity contribution is 6.16. The maximum absolute atomic E-state index is 6.11. The molecule has 0 aliphatic carbocycles. The summed E-state index contributed by atoms with van der Waals surface area (Å²) in [6, 6.07) is 6.00. The van der Waals surface area contributed by atoms with E-state index in [1.165, 1.54) is 0 Å². The highest BCUT2D eigenvalue weighted by Crippen LogP contribution is 2.35. The van der Waals surface area contributed by atoms with Gasteiger partial charge in [0.05, 0.1) is 24.0 Å². The number of rotatable bonds is 3. The predicted molar refractivity (Wildman–Crippen MR) is 79.5 cm³/mol. The normalized spacial score (nSPS) is 18.4. The molecule has 0 saturated carbocycles. The average Bonchev–Trinajstić information content (AvgIpc) is 2.86. The molecule has 1 aromatic heterocycles. The van der Waals surface area contributed by atoms with Crippen LogP contribution >= 0.6 is 11.6 Å². The van der Waals surface area contributed by atoms with Gasteiger partial charge in [0, 0.05) is 24.8 Å². The number of methoxy groups -OCH3 is 1. The minimum atomic E-state index is 0.0197. The SMILES string of the molecule is COc1ccc2c(c1)nc(CCl)n2C1(C)CCOCC1. The molecule has 2 aromatic rings. The van der Waals surface area contributed by atoms with E-state index in [-0.39, 0.29) is 5.54 Å². The number of fused-ring (bicyclic) bond motifs is 1. The number of hydrogen-bond donors (Lipinski definition) is 0. The monoisotopic (exact) mass is 294 g/mol. The van der Waals surface area contributed by atoms with Gasteiger partial charge in [-0.2, -0.15) is 0 Å². The van der Waals surface area contributed by atoms with Crippen molar-refractivity contribution in [3.8, 4) is 5.75 Å². The van der Waals surface area contributed by atoms with Crippen molar-refractivity contribution in [2.45, 2.75) is 31.2 Å². The molecule has 0 unspecified atom stereocenters. The molecular formula is C15H19ClN2O2. The van der Waals surface area contributed by atoms with E-state index < -0.39 is 0 Å². The topological polar surface area (TPSA) is 36.3 Å². The van der Waals surface area contributed by atoms with Gasteiger partial charge >= 0.3 is 0 Å². The predicted octanol–water partition coefficient (Wildman–Crippen LogP) is 3.31. The lowest BCUT2D eigenvalue weighted by Crippen LogP contribution is -2.37. The second-order valence-electron chi connectivity index (χ2n) is 5.46. The number of halogens is 1. The summed E-state index contributed by atoms with van der Waals surface area (Å²) in [6.45, 7) is 3.83. The summed E-state index contributed by atoms with van der Waals surface area (Å²) in [5.74, 6) is 2.15. The summed E-state index contributed by atoms with van der Waals surface area (Å²) >= 11 is 6.11. The van der Waals surface area contributed by atoms with E-state index >= 15 is 0 Å². The van der Waals surface area contributed by atoms with E-state index in [1.54, 1.807) is 7.11 Å². The van der Waals surface area contributed by atoms with E-state index in [1.807, 2.05) is 12.1 Å². The van der Waals surface area contributed by atoms with Crippen LogP contribution in [0.5, 0.6) is 5.75 Å². The van der Waals surface area contributed by atoms with Gasteiger partial charge in [-0.1, -0.05) is 0 Å². The molecule has 0 radical (unpaired) electrons. The number of hydrogen-bond acceptors (Lipinski definition) is 3. The average molecular weight is 295 g/mol. The minimum Gasteiger partial charge on any atom is -0.497 e. The number of benzene rings is 1. The first-order valence-corrected chi connectivity index (χ1v) is 7.41. The van der Waals surface area contributed by atoms with Gasteiger partial charge in [0.25, 0.3) is 0 Å². The van der Waals surface area contributed by atoms with E-state index in [9.17, 15) is 0 Å². The highest BCUT2D eigenvalue weighted by Gasteiger charge is 2.32. The molecule has 1 aliphatic heterocycles. The standard InChI is InChI=1S/C15H19ClN2O2/c1-15(5-7-20-8-6-15)18-13-4-3-11(19-2)9-12(13)17-14(18)10-16/h3-4,9H,5-8,10H2,1-2H3. The Morgan fingerprint density at radius 3 is 2.80 bits per heavy atom. The molecule has 2 heterocycles. The second kappa shape index (κ2) is 5.26. The fourth-order valence-corrected chi connectivity index (χ4v) is 3.14. The van der Waals surface area contributed by atoms with Crippen molar-refractivity contribution in [1.82, 2.24) is 9.55 Å². The summed E-state index contributed by atoms with van der Waals surface area (Å²) in [4.78, 5) is 4.67. The Kier molecular flexibility index (Phi) is 3.61. The number of aromatic nitrogens is 2. The fourth-order valence-electron chi connectivity index (χ4n) is 2.96. The smallest absolute Gasteiger partial charge is 0.125 e.